The molecular weight excluding hydrogens is 342 g/mol. The van der Waals surface area contributed by atoms with Crippen LogP contribution in [0.4, 0.5) is 0 Å². The van der Waals surface area contributed by atoms with Gasteiger partial charge >= 0.3 is 0 Å². The number of para-hydroxylation sites is 1. The number of hydrogen-bond acceptors (Lipinski definition) is 4. The topological polar surface area (TPSA) is 47.2 Å². The summed E-state index contributed by atoms with van der Waals surface area (Å²) in [5.74, 6) is -0.138. The summed E-state index contributed by atoms with van der Waals surface area (Å²) >= 11 is 6.46. The van der Waals surface area contributed by atoms with E-state index in [4.69, 9.17) is 12.2 Å². The zero-order valence-electron chi connectivity index (χ0n) is 13.6. The average Bonchev–Trinajstić information content (AvgIpc) is 2.96. The first-order chi connectivity index (χ1) is 11.5. The molecule has 0 radical (unpaired) electrons. The number of thiocarbonyl (C=S) groups is 1. The third-order valence-corrected chi connectivity index (χ3v) is 5.44. The van der Waals surface area contributed by atoms with E-state index in [1.54, 1.807) is 20.3 Å². The largest absolute Gasteiger partial charge is 0.293 e. The number of carbonyl (C=O) groups excluding carboxylic acids is 1. The molecule has 2 heterocycles. The summed E-state index contributed by atoms with van der Waals surface area (Å²) in [6.45, 7) is 4.28. The predicted octanol–water partition coefficient (Wildman–Crippen LogP) is 2.71. The maximum Gasteiger partial charge on any atom is 0.278 e. The van der Waals surface area contributed by atoms with E-state index in [9.17, 15) is 9.59 Å². The van der Waals surface area contributed by atoms with Gasteiger partial charge in [0, 0.05) is 19.3 Å². The SMILES string of the molecule is CCN1C(=O)C(=Cc2c(C)n(C)n(-c3ccccc3)c2=O)SC1=S. The van der Waals surface area contributed by atoms with Gasteiger partial charge in [-0.05, 0) is 32.1 Å². The fourth-order valence-electron chi connectivity index (χ4n) is 2.66. The van der Waals surface area contributed by atoms with Crippen molar-refractivity contribution >= 4 is 40.3 Å². The van der Waals surface area contributed by atoms with Crippen molar-refractivity contribution in [3.8, 4) is 5.69 Å². The zero-order valence-corrected chi connectivity index (χ0v) is 15.3. The monoisotopic (exact) mass is 359 g/mol. The Bertz CT molecular complexity index is 910. The molecule has 0 unspecified atom stereocenters. The van der Waals surface area contributed by atoms with Gasteiger partial charge in [0.25, 0.3) is 11.5 Å². The minimum atomic E-state index is -0.150. The fourth-order valence-corrected chi connectivity index (χ4v) is 4.02. The van der Waals surface area contributed by atoms with Gasteiger partial charge < -0.3 is 0 Å². The summed E-state index contributed by atoms with van der Waals surface area (Å²) in [5.41, 5.74) is 1.94. The van der Waals surface area contributed by atoms with Crippen LogP contribution in [0, 0.1) is 6.92 Å². The summed E-state index contributed by atoms with van der Waals surface area (Å²) in [5, 5.41) is 0. The van der Waals surface area contributed by atoms with Gasteiger partial charge in [0.15, 0.2) is 0 Å². The first kappa shape index (κ1) is 16.7. The van der Waals surface area contributed by atoms with E-state index in [2.05, 4.69) is 0 Å². The molecule has 124 valence electrons. The Hall–Kier alpha value is -2.12. The van der Waals surface area contributed by atoms with Gasteiger partial charge in [-0.1, -0.05) is 42.2 Å². The minimum Gasteiger partial charge on any atom is -0.293 e. The molecule has 0 saturated carbocycles. The number of benzene rings is 1. The molecule has 1 amide bonds. The molecule has 1 aromatic heterocycles. The Labute approximate surface area is 149 Å². The van der Waals surface area contributed by atoms with Crippen LogP contribution in [-0.2, 0) is 11.8 Å². The molecule has 24 heavy (non-hydrogen) atoms. The highest BCUT2D eigenvalue weighted by Crippen LogP contribution is 2.32. The smallest absolute Gasteiger partial charge is 0.278 e. The van der Waals surface area contributed by atoms with Crippen LogP contribution < -0.4 is 5.56 Å². The maximum atomic E-state index is 12.9. The number of rotatable bonds is 3. The van der Waals surface area contributed by atoms with Crippen LogP contribution in [0.1, 0.15) is 18.2 Å². The zero-order chi connectivity index (χ0) is 17.4. The third-order valence-electron chi connectivity index (χ3n) is 4.06. The number of thioether (sulfide) groups is 1. The van der Waals surface area contributed by atoms with Crippen molar-refractivity contribution in [2.45, 2.75) is 13.8 Å². The highest BCUT2D eigenvalue weighted by molar-refractivity contribution is 8.26. The van der Waals surface area contributed by atoms with Crippen molar-refractivity contribution in [3.05, 3.63) is 56.8 Å². The first-order valence-electron chi connectivity index (χ1n) is 7.55. The molecule has 1 aromatic carbocycles. The van der Waals surface area contributed by atoms with Crippen molar-refractivity contribution in [2.24, 2.45) is 7.05 Å². The van der Waals surface area contributed by atoms with E-state index < -0.39 is 0 Å². The number of amides is 1. The van der Waals surface area contributed by atoms with E-state index >= 15 is 0 Å². The predicted molar refractivity (Wildman–Crippen MR) is 101 cm³/mol. The van der Waals surface area contributed by atoms with Gasteiger partial charge in [-0.25, -0.2) is 4.68 Å². The summed E-state index contributed by atoms with van der Waals surface area (Å²) in [6, 6.07) is 9.43. The van der Waals surface area contributed by atoms with Gasteiger partial charge in [-0.3, -0.25) is 19.2 Å². The normalized spacial score (nSPS) is 16.5. The van der Waals surface area contributed by atoms with E-state index in [0.29, 0.717) is 21.3 Å². The minimum absolute atomic E-state index is 0.138. The van der Waals surface area contributed by atoms with Crippen LogP contribution in [0.2, 0.25) is 0 Å². The van der Waals surface area contributed by atoms with Crippen molar-refractivity contribution in [3.63, 3.8) is 0 Å². The van der Waals surface area contributed by atoms with Crippen molar-refractivity contribution in [1.82, 2.24) is 14.3 Å². The van der Waals surface area contributed by atoms with Crippen LogP contribution in [-0.4, -0.2) is 31.0 Å². The highest BCUT2D eigenvalue weighted by atomic mass is 32.2. The molecule has 1 aliphatic heterocycles. The Morgan fingerprint density at radius 2 is 1.88 bits per heavy atom. The van der Waals surface area contributed by atoms with Crippen LogP contribution in [0.15, 0.2) is 40.0 Å². The molecule has 1 saturated heterocycles. The lowest BCUT2D eigenvalue weighted by Crippen LogP contribution is -2.27. The van der Waals surface area contributed by atoms with Crippen LogP contribution in [0.25, 0.3) is 11.8 Å². The lowest BCUT2D eigenvalue weighted by atomic mass is 10.2. The second kappa shape index (κ2) is 6.41. The summed E-state index contributed by atoms with van der Waals surface area (Å²) in [6.07, 6.45) is 1.66. The number of hydrogen-bond donors (Lipinski definition) is 0. The quantitative estimate of drug-likeness (QED) is 0.624. The fraction of sp³-hybridized carbons (Fsp3) is 0.235. The molecule has 0 N–H and O–H groups in total. The maximum absolute atomic E-state index is 12.9. The van der Waals surface area contributed by atoms with Gasteiger partial charge in [-0.2, -0.15) is 0 Å². The lowest BCUT2D eigenvalue weighted by Gasteiger charge is -2.09. The number of carbonyl (C=O) groups is 1. The third kappa shape index (κ3) is 2.63. The summed E-state index contributed by atoms with van der Waals surface area (Å²) in [7, 11) is 1.83. The lowest BCUT2D eigenvalue weighted by molar-refractivity contribution is -0.121. The second-order valence-corrected chi connectivity index (χ2v) is 7.08. The van der Waals surface area contributed by atoms with Crippen molar-refractivity contribution in [1.29, 1.82) is 0 Å². The Kier molecular flexibility index (Phi) is 4.47. The second-order valence-electron chi connectivity index (χ2n) is 5.40. The van der Waals surface area contributed by atoms with E-state index in [1.807, 2.05) is 51.2 Å². The molecular formula is C17H17N3O2S2. The first-order valence-corrected chi connectivity index (χ1v) is 8.77. The Balaban J connectivity index is 2.12. The van der Waals surface area contributed by atoms with E-state index in [-0.39, 0.29) is 11.5 Å². The highest BCUT2D eigenvalue weighted by Gasteiger charge is 2.31. The van der Waals surface area contributed by atoms with Crippen LogP contribution >= 0.6 is 24.0 Å². The van der Waals surface area contributed by atoms with Crippen LogP contribution in [0.3, 0.4) is 0 Å². The standard InChI is InChI=1S/C17H17N3O2S2/c1-4-19-16(22)14(24-17(19)23)10-13-11(2)18(3)20(15(13)21)12-8-6-5-7-9-12/h5-10H,4H2,1-3H3. The molecule has 0 atom stereocenters. The molecule has 2 aromatic rings. The number of likely N-dealkylation sites (N-methyl/N-ethyl adjacent to an activating group) is 1. The van der Waals surface area contributed by atoms with E-state index in [0.717, 1.165) is 11.4 Å². The van der Waals surface area contributed by atoms with Gasteiger partial charge in [0.2, 0.25) is 0 Å². The molecule has 0 spiro atoms. The molecule has 0 bridgehead atoms. The molecule has 5 nitrogen and oxygen atoms in total. The Morgan fingerprint density at radius 3 is 2.46 bits per heavy atom. The molecule has 3 rings (SSSR count). The molecule has 1 aliphatic rings. The Morgan fingerprint density at radius 1 is 1.21 bits per heavy atom. The number of aromatic nitrogens is 2. The average molecular weight is 359 g/mol. The number of nitrogens with zero attached hydrogens (tertiary/aromatic N) is 3. The van der Waals surface area contributed by atoms with Gasteiger partial charge in [0.1, 0.15) is 4.32 Å². The van der Waals surface area contributed by atoms with Crippen LogP contribution in [0.5, 0.6) is 0 Å². The van der Waals surface area contributed by atoms with Gasteiger partial charge in [0.05, 0.1) is 16.2 Å². The van der Waals surface area contributed by atoms with E-state index in [1.165, 1.54) is 11.8 Å². The van der Waals surface area contributed by atoms with Gasteiger partial charge in [-0.15, -0.1) is 0 Å². The molecule has 7 heteroatoms. The van der Waals surface area contributed by atoms with Crippen molar-refractivity contribution in [2.75, 3.05) is 6.54 Å². The molecule has 0 aliphatic carbocycles. The summed E-state index contributed by atoms with van der Waals surface area (Å²) < 4.78 is 3.93. The summed E-state index contributed by atoms with van der Waals surface area (Å²) in [4.78, 5) is 27.3. The van der Waals surface area contributed by atoms with Crippen molar-refractivity contribution < 1.29 is 4.79 Å². The molecule has 1 fully saturated rings.